The van der Waals surface area contributed by atoms with E-state index < -0.39 is 0 Å². The first kappa shape index (κ1) is 16.4. The summed E-state index contributed by atoms with van der Waals surface area (Å²) in [6, 6.07) is 16.7. The molecule has 136 valence electrons. The van der Waals surface area contributed by atoms with Crippen molar-refractivity contribution in [2.45, 2.75) is 39.5 Å². The number of rotatable bonds is 1. The van der Waals surface area contributed by atoms with Gasteiger partial charge in [-0.05, 0) is 53.3 Å². The van der Waals surface area contributed by atoms with Gasteiger partial charge in [0.15, 0.2) is 5.78 Å². The van der Waals surface area contributed by atoms with Crippen molar-refractivity contribution in [3.63, 3.8) is 0 Å². The van der Waals surface area contributed by atoms with Crippen LogP contribution in [-0.2, 0) is 4.79 Å². The molecule has 1 aliphatic heterocycles. The van der Waals surface area contributed by atoms with Crippen LogP contribution in [0.15, 0.2) is 64.2 Å². The van der Waals surface area contributed by atoms with Crippen molar-refractivity contribution < 1.29 is 9.21 Å². The van der Waals surface area contributed by atoms with Crippen molar-refractivity contribution in [1.29, 1.82) is 0 Å². The first-order chi connectivity index (χ1) is 12.9. The van der Waals surface area contributed by atoms with Gasteiger partial charge < -0.3 is 9.73 Å². The molecule has 3 nitrogen and oxygen atoms in total. The Morgan fingerprint density at radius 3 is 2.63 bits per heavy atom. The molecule has 1 aliphatic carbocycles. The Bertz CT molecular complexity index is 1120. The van der Waals surface area contributed by atoms with E-state index in [-0.39, 0.29) is 17.1 Å². The van der Waals surface area contributed by atoms with Crippen LogP contribution in [0.1, 0.15) is 49.7 Å². The van der Waals surface area contributed by atoms with Crippen LogP contribution in [0.2, 0.25) is 0 Å². The SMILES string of the molecule is Cc1ccc(C2C3=C(CC(C)(C)CC3=O)Nc3ccc4ccccc4c32)o1. The maximum absolute atomic E-state index is 13.2. The summed E-state index contributed by atoms with van der Waals surface area (Å²) in [4.78, 5) is 13.2. The summed E-state index contributed by atoms with van der Waals surface area (Å²) in [6.45, 7) is 6.28. The average molecular weight is 357 g/mol. The van der Waals surface area contributed by atoms with Crippen molar-refractivity contribution in [1.82, 2.24) is 0 Å². The second-order valence-electron chi connectivity index (χ2n) is 8.59. The fourth-order valence-electron chi connectivity index (χ4n) is 4.70. The molecule has 0 amide bonds. The maximum Gasteiger partial charge on any atom is 0.162 e. The number of hydrogen-bond acceptors (Lipinski definition) is 3. The molecule has 5 rings (SSSR count). The van der Waals surface area contributed by atoms with E-state index in [2.05, 4.69) is 55.6 Å². The average Bonchev–Trinajstić information content (AvgIpc) is 3.04. The number of benzene rings is 2. The summed E-state index contributed by atoms with van der Waals surface area (Å²) < 4.78 is 6.06. The number of anilines is 1. The quantitative estimate of drug-likeness (QED) is 0.586. The molecule has 0 bridgehead atoms. The molecule has 0 saturated heterocycles. The van der Waals surface area contributed by atoms with Crippen molar-refractivity contribution >= 4 is 22.2 Å². The molecule has 3 heteroatoms. The van der Waals surface area contributed by atoms with Crippen LogP contribution in [0.5, 0.6) is 0 Å². The molecule has 3 aromatic rings. The molecule has 2 aromatic carbocycles. The molecule has 1 unspecified atom stereocenters. The minimum absolute atomic E-state index is 0.0269. The fraction of sp³-hybridized carbons (Fsp3) is 0.292. The van der Waals surface area contributed by atoms with Gasteiger partial charge in [0.05, 0.1) is 5.92 Å². The number of aryl methyl sites for hydroxylation is 1. The Hall–Kier alpha value is -2.81. The number of Topliss-reactive ketones (excluding diaryl/α,β-unsaturated/α-hetero) is 1. The summed E-state index contributed by atoms with van der Waals surface area (Å²) in [5, 5.41) is 5.95. The minimum atomic E-state index is -0.153. The Kier molecular flexibility index (Phi) is 3.39. The summed E-state index contributed by atoms with van der Waals surface area (Å²) in [6.07, 6.45) is 1.44. The van der Waals surface area contributed by atoms with Gasteiger partial charge in [-0.25, -0.2) is 0 Å². The molecule has 2 aliphatic rings. The first-order valence-corrected chi connectivity index (χ1v) is 9.54. The third-order valence-electron chi connectivity index (χ3n) is 5.80. The predicted octanol–water partition coefficient (Wildman–Crippen LogP) is 5.94. The summed E-state index contributed by atoms with van der Waals surface area (Å²) in [7, 11) is 0. The highest BCUT2D eigenvalue weighted by atomic mass is 16.3. The fourth-order valence-corrected chi connectivity index (χ4v) is 4.70. The molecule has 0 fully saturated rings. The monoisotopic (exact) mass is 357 g/mol. The van der Waals surface area contributed by atoms with Crippen LogP contribution in [0.4, 0.5) is 5.69 Å². The zero-order valence-corrected chi connectivity index (χ0v) is 15.9. The van der Waals surface area contributed by atoms with E-state index in [1.54, 1.807) is 0 Å². The zero-order valence-electron chi connectivity index (χ0n) is 15.9. The summed E-state index contributed by atoms with van der Waals surface area (Å²) >= 11 is 0. The molecule has 27 heavy (non-hydrogen) atoms. The van der Waals surface area contributed by atoms with E-state index in [0.717, 1.165) is 40.5 Å². The Morgan fingerprint density at radius 1 is 1.04 bits per heavy atom. The number of nitrogens with one attached hydrogen (secondary N) is 1. The molecule has 1 aromatic heterocycles. The van der Waals surface area contributed by atoms with Gasteiger partial charge in [-0.15, -0.1) is 0 Å². The lowest BCUT2D eigenvalue weighted by Crippen LogP contribution is -2.33. The van der Waals surface area contributed by atoms with E-state index in [0.29, 0.717) is 6.42 Å². The number of hydrogen-bond donors (Lipinski definition) is 1. The van der Waals surface area contributed by atoms with Crippen molar-refractivity contribution in [2.24, 2.45) is 5.41 Å². The van der Waals surface area contributed by atoms with Gasteiger partial charge in [0.25, 0.3) is 0 Å². The minimum Gasteiger partial charge on any atom is -0.465 e. The van der Waals surface area contributed by atoms with E-state index >= 15 is 0 Å². The van der Waals surface area contributed by atoms with Crippen LogP contribution in [0.25, 0.3) is 10.8 Å². The lowest BCUT2D eigenvalue weighted by Gasteiger charge is -2.39. The summed E-state index contributed by atoms with van der Waals surface area (Å²) in [5.41, 5.74) is 4.14. The van der Waals surface area contributed by atoms with Crippen LogP contribution < -0.4 is 5.32 Å². The third-order valence-corrected chi connectivity index (χ3v) is 5.80. The van der Waals surface area contributed by atoms with Crippen LogP contribution in [-0.4, -0.2) is 5.78 Å². The van der Waals surface area contributed by atoms with Gasteiger partial charge in [-0.2, -0.15) is 0 Å². The van der Waals surface area contributed by atoms with Crippen molar-refractivity contribution in [2.75, 3.05) is 5.32 Å². The highest BCUT2D eigenvalue weighted by molar-refractivity contribution is 6.04. The normalized spacial score (nSPS) is 21.0. The molecular formula is C24H23NO2. The number of furan rings is 1. The van der Waals surface area contributed by atoms with Gasteiger partial charge in [-0.3, -0.25) is 4.79 Å². The third kappa shape index (κ3) is 2.53. The predicted molar refractivity (Wildman–Crippen MR) is 108 cm³/mol. The number of carbonyl (C=O) groups excluding carboxylic acids is 1. The Labute approximate surface area is 159 Å². The zero-order chi connectivity index (χ0) is 18.8. The lowest BCUT2D eigenvalue weighted by atomic mass is 9.69. The number of allylic oxidation sites excluding steroid dienone is 2. The standard InChI is InChI=1S/C24H23NO2/c1-14-8-11-20(27-14)23-21-16-7-5-4-6-15(16)9-10-17(21)25-18-12-24(2,3)13-19(26)22(18)23/h4-11,23,25H,12-13H2,1-3H3. The van der Waals surface area contributed by atoms with Crippen molar-refractivity contribution in [3.8, 4) is 0 Å². The van der Waals surface area contributed by atoms with Gasteiger partial charge in [-0.1, -0.05) is 44.2 Å². The van der Waals surface area contributed by atoms with Crippen LogP contribution in [0.3, 0.4) is 0 Å². The highest BCUT2D eigenvalue weighted by Crippen LogP contribution is 2.50. The Balaban J connectivity index is 1.82. The van der Waals surface area contributed by atoms with Gasteiger partial charge in [0.2, 0.25) is 0 Å². The van der Waals surface area contributed by atoms with Gasteiger partial charge in [0.1, 0.15) is 11.5 Å². The van der Waals surface area contributed by atoms with E-state index in [1.807, 2.05) is 19.1 Å². The second-order valence-corrected chi connectivity index (χ2v) is 8.59. The molecule has 0 saturated carbocycles. The van der Waals surface area contributed by atoms with Crippen LogP contribution >= 0.6 is 0 Å². The smallest absolute Gasteiger partial charge is 0.162 e. The maximum atomic E-state index is 13.2. The first-order valence-electron chi connectivity index (χ1n) is 9.54. The van der Waals surface area contributed by atoms with Gasteiger partial charge in [0, 0.05) is 23.4 Å². The second kappa shape index (κ2) is 5.59. The van der Waals surface area contributed by atoms with Gasteiger partial charge >= 0.3 is 0 Å². The van der Waals surface area contributed by atoms with Crippen molar-refractivity contribution in [3.05, 3.63) is 76.9 Å². The topological polar surface area (TPSA) is 42.2 Å². The number of fused-ring (bicyclic) bond motifs is 3. The van der Waals surface area contributed by atoms with E-state index in [9.17, 15) is 4.79 Å². The van der Waals surface area contributed by atoms with E-state index in [4.69, 9.17) is 4.42 Å². The molecular weight excluding hydrogens is 334 g/mol. The van der Waals surface area contributed by atoms with Crippen LogP contribution in [0, 0.1) is 12.3 Å². The number of carbonyl (C=O) groups is 1. The largest absolute Gasteiger partial charge is 0.465 e. The molecule has 0 spiro atoms. The Morgan fingerprint density at radius 2 is 1.85 bits per heavy atom. The highest BCUT2D eigenvalue weighted by Gasteiger charge is 2.42. The number of ketones is 1. The molecule has 1 atom stereocenters. The molecule has 2 heterocycles. The molecule has 1 N–H and O–H groups in total. The summed E-state index contributed by atoms with van der Waals surface area (Å²) in [5.74, 6) is 1.80. The lowest BCUT2D eigenvalue weighted by molar-refractivity contribution is -0.118. The molecule has 0 radical (unpaired) electrons. The van der Waals surface area contributed by atoms with E-state index in [1.165, 1.54) is 10.8 Å².